The zero-order valence-corrected chi connectivity index (χ0v) is 15.5. The Kier molecular flexibility index (Phi) is 6.41. The van der Waals surface area contributed by atoms with E-state index in [9.17, 15) is 9.18 Å². The van der Waals surface area contributed by atoms with E-state index < -0.39 is 0 Å². The number of fused-ring (bicyclic) bond motifs is 1. The first kappa shape index (κ1) is 18.9. The Morgan fingerprint density at radius 2 is 1.93 bits per heavy atom. The molecule has 5 nitrogen and oxygen atoms in total. The number of aliphatic imine (C=N–C) groups is 1. The van der Waals surface area contributed by atoms with Gasteiger partial charge in [0.15, 0.2) is 5.96 Å². The fraction of sp³-hybridized carbons (Fsp3) is 0.333. The molecule has 0 spiro atoms. The predicted molar refractivity (Wildman–Crippen MR) is 106 cm³/mol. The Hall–Kier alpha value is -2.89. The summed E-state index contributed by atoms with van der Waals surface area (Å²) in [5, 5.41) is 6.39. The van der Waals surface area contributed by atoms with E-state index in [0.717, 1.165) is 30.6 Å². The highest BCUT2D eigenvalue weighted by atomic mass is 19.1. The van der Waals surface area contributed by atoms with Crippen molar-refractivity contribution in [1.82, 2.24) is 10.6 Å². The molecular weight excluding hydrogens is 343 g/mol. The summed E-state index contributed by atoms with van der Waals surface area (Å²) in [6, 6.07) is 14.4. The number of halogens is 1. The summed E-state index contributed by atoms with van der Waals surface area (Å²) in [5.74, 6) is 0.584. The lowest BCUT2D eigenvalue weighted by Crippen LogP contribution is -2.37. The number of para-hydroxylation sites is 1. The molecule has 27 heavy (non-hydrogen) atoms. The molecule has 1 heterocycles. The number of carbonyl (C=O) groups is 1. The van der Waals surface area contributed by atoms with E-state index in [-0.39, 0.29) is 11.7 Å². The minimum absolute atomic E-state index is 0.163. The number of anilines is 1. The lowest BCUT2D eigenvalue weighted by atomic mass is 10.2. The van der Waals surface area contributed by atoms with Crippen LogP contribution in [0.3, 0.4) is 0 Å². The molecule has 6 heteroatoms. The van der Waals surface area contributed by atoms with Gasteiger partial charge < -0.3 is 15.5 Å². The Morgan fingerprint density at radius 1 is 1.15 bits per heavy atom. The van der Waals surface area contributed by atoms with Gasteiger partial charge in [-0.15, -0.1) is 0 Å². The molecule has 142 valence electrons. The van der Waals surface area contributed by atoms with Crippen LogP contribution < -0.4 is 15.5 Å². The lowest BCUT2D eigenvalue weighted by molar-refractivity contribution is -0.118. The summed E-state index contributed by atoms with van der Waals surface area (Å²) in [7, 11) is 1.70. The van der Waals surface area contributed by atoms with E-state index in [0.29, 0.717) is 25.5 Å². The smallest absolute Gasteiger partial charge is 0.227 e. The van der Waals surface area contributed by atoms with E-state index in [1.165, 1.54) is 17.7 Å². The fourth-order valence-electron chi connectivity index (χ4n) is 3.19. The summed E-state index contributed by atoms with van der Waals surface area (Å²) in [6.07, 6.45) is 2.16. The SMILES string of the molecule is CN=C(NCCCC(=O)N1CCc2ccccc21)NCc1ccc(F)cc1. The quantitative estimate of drug-likeness (QED) is 0.468. The van der Waals surface area contributed by atoms with Crippen LogP contribution in [0.2, 0.25) is 0 Å². The number of hydrogen-bond donors (Lipinski definition) is 2. The number of nitrogens with one attached hydrogen (secondary N) is 2. The Balaban J connectivity index is 1.38. The largest absolute Gasteiger partial charge is 0.356 e. The molecule has 0 fully saturated rings. The fourth-order valence-corrected chi connectivity index (χ4v) is 3.19. The van der Waals surface area contributed by atoms with Crippen molar-refractivity contribution in [3.63, 3.8) is 0 Å². The second kappa shape index (κ2) is 9.16. The maximum absolute atomic E-state index is 12.9. The van der Waals surface area contributed by atoms with Crippen molar-refractivity contribution in [2.24, 2.45) is 4.99 Å². The van der Waals surface area contributed by atoms with Crippen LogP contribution >= 0.6 is 0 Å². The molecular formula is C21H25FN4O. The molecule has 1 aliphatic rings. The van der Waals surface area contributed by atoms with Gasteiger partial charge in [-0.2, -0.15) is 0 Å². The molecule has 0 aromatic heterocycles. The summed E-state index contributed by atoms with van der Waals surface area (Å²) in [5.41, 5.74) is 3.27. The molecule has 0 bridgehead atoms. The normalized spacial score (nSPS) is 13.4. The van der Waals surface area contributed by atoms with E-state index in [4.69, 9.17) is 0 Å². The van der Waals surface area contributed by atoms with Crippen molar-refractivity contribution in [2.75, 3.05) is 25.0 Å². The molecule has 2 aromatic rings. The van der Waals surface area contributed by atoms with Crippen LogP contribution in [0.15, 0.2) is 53.5 Å². The van der Waals surface area contributed by atoms with Crippen molar-refractivity contribution in [3.8, 4) is 0 Å². The number of hydrogen-bond acceptors (Lipinski definition) is 2. The van der Waals surface area contributed by atoms with Crippen LogP contribution in [-0.2, 0) is 17.8 Å². The first-order valence-electron chi connectivity index (χ1n) is 9.24. The number of carbonyl (C=O) groups excluding carboxylic acids is 1. The Morgan fingerprint density at radius 3 is 2.70 bits per heavy atom. The van der Waals surface area contributed by atoms with Gasteiger partial charge >= 0.3 is 0 Å². The summed E-state index contributed by atoms with van der Waals surface area (Å²) >= 11 is 0. The number of benzene rings is 2. The Labute approximate surface area is 159 Å². The second-order valence-corrected chi connectivity index (χ2v) is 6.51. The van der Waals surface area contributed by atoms with E-state index >= 15 is 0 Å². The van der Waals surface area contributed by atoms with Crippen molar-refractivity contribution in [2.45, 2.75) is 25.8 Å². The molecule has 0 atom stereocenters. The molecule has 0 saturated heterocycles. The molecule has 0 saturated carbocycles. The molecule has 0 radical (unpaired) electrons. The van der Waals surface area contributed by atoms with Gasteiger partial charge in [-0.1, -0.05) is 30.3 Å². The maximum Gasteiger partial charge on any atom is 0.227 e. The van der Waals surface area contributed by atoms with Gasteiger partial charge in [-0.25, -0.2) is 4.39 Å². The van der Waals surface area contributed by atoms with E-state index in [1.807, 2.05) is 23.1 Å². The lowest BCUT2D eigenvalue weighted by Gasteiger charge is -2.17. The zero-order valence-electron chi connectivity index (χ0n) is 15.5. The van der Waals surface area contributed by atoms with Crippen LogP contribution in [-0.4, -0.2) is 32.0 Å². The van der Waals surface area contributed by atoms with Gasteiger partial charge in [0.1, 0.15) is 5.82 Å². The minimum atomic E-state index is -0.244. The summed E-state index contributed by atoms with van der Waals surface area (Å²) in [4.78, 5) is 18.5. The highest BCUT2D eigenvalue weighted by Crippen LogP contribution is 2.27. The van der Waals surface area contributed by atoms with Gasteiger partial charge in [0.2, 0.25) is 5.91 Å². The molecule has 2 aromatic carbocycles. The van der Waals surface area contributed by atoms with Gasteiger partial charge in [-0.05, 0) is 42.2 Å². The third-order valence-electron chi connectivity index (χ3n) is 4.64. The maximum atomic E-state index is 12.9. The number of guanidine groups is 1. The third kappa shape index (κ3) is 5.06. The molecule has 2 N–H and O–H groups in total. The number of amides is 1. The molecule has 0 unspecified atom stereocenters. The highest BCUT2D eigenvalue weighted by Gasteiger charge is 2.23. The third-order valence-corrected chi connectivity index (χ3v) is 4.64. The number of rotatable bonds is 6. The first-order valence-corrected chi connectivity index (χ1v) is 9.24. The molecule has 1 amide bonds. The van der Waals surface area contributed by atoms with Gasteiger partial charge in [0.25, 0.3) is 0 Å². The van der Waals surface area contributed by atoms with Gasteiger partial charge in [0, 0.05) is 38.8 Å². The van der Waals surface area contributed by atoms with Gasteiger partial charge in [0.05, 0.1) is 0 Å². The van der Waals surface area contributed by atoms with Crippen molar-refractivity contribution >= 4 is 17.6 Å². The first-order chi connectivity index (χ1) is 13.2. The average Bonchev–Trinajstić information content (AvgIpc) is 3.13. The standard InChI is InChI=1S/C21H25FN4O/c1-23-21(25-15-16-8-10-18(22)11-9-16)24-13-4-7-20(27)26-14-12-17-5-2-3-6-19(17)26/h2-3,5-6,8-11H,4,7,12-15H2,1H3,(H2,23,24,25). The van der Waals surface area contributed by atoms with Crippen molar-refractivity contribution in [3.05, 3.63) is 65.5 Å². The average molecular weight is 368 g/mol. The van der Waals surface area contributed by atoms with Crippen LogP contribution in [0.25, 0.3) is 0 Å². The van der Waals surface area contributed by atoms with E-state index in [1.54, 1.807) is 19.2 Å². The topological polar surface area (TPSA) is 56.7 Å². The van der Waals surface area contributed by atoms with Crippen molar-refractivity contribution in [1.29, 1.82) is 0 Å². The number of nitrogens with zero attached hydrogens (tertiary/aromatic N) is 2. The molecule has 3 rings (SSSR count). The van der Waals surface area contributed by atoms with Gasteiger partial charge in [-0.3, -0.25) is 9.79 Å². The molecule has 0 aliphatic carbocycles. The van der Waals surface area contributed by atoms with Crippen LogP contribution in [0, 0.1) is 5.82 Å². The molecule has 1 aliphatic heterocycles. The van der Waals surface area contributed by atoms with Crippen LogP contribution in [0.4, 0.5) is 10.1 Å². The predicted octanol–water partition coefficient (Wildman–Crippen LogP) is 2.86. The van der Waals surface area contributed by atoms with E-state index in [2.05, 4.69) is 21.7 Å². The minimum Gasteiger partial charge on any atom is -0.356 e. The highest BCUT2D eigenvalue weighted by molar-refractivity contribution is 5.95. The van der Waals surface area contributed by atoms with Crippen molar-refractivity contribution < 1.29 is 9.18 Å². The zero-order chi connectivity index (χ0) is 19.1. The van der Waals surface area contributed by atoms with Crippen LogP contribution in [0.1, 0.15) is 24.0 Å². The summed E-state index contributed by atoms with van der Waals surface area (Å²) in [6.45, 7) is 1.99. The Bertz CT molecular complexity index is 804. The summed E-state index contributed by atoms with van der Waals surface area (Å²) < 4.78 is 12.9. The van der Waals surface area contributed by atoms with Crippen LogP contribution in [0.5, 0.6) is 0 Å². The second-order valence-electron chi connectivity index (χ2n) is 6.51. The monoisotopic (exact) mass is 368 g/mol.